The Kier molecular flexibility index (Phi) is 3.67. The molecule has 0 unspecified atom stereocenters. The second-order valence-electron chi connectivity index (χ2n) is 3.34. The molecule has 0 aliphatic rings. The minimum Gasteiger partial charge on any atom is -0.298 e. The van der Waals surface area contributed by atoms with Crippen LogP contribution in [0, 0.1) is 0 Å². The third-order valence-electron chi connectivity index (χ3n) is 2.20. The molecule has 0 saturated carbocycles. The van der Waals surface area contributed by atoms with Crippen LogP contribution in [0.25, 0.3) is 11.3 Å². The van der Waals surface area contributed by atoms with Crippen molar-refractivity contribution in [1.82, 2.24) is 4.98 Å². The maximum absolute atomic E-state index is 10.9. The number of aromatic nitrogens is 1. The quantitative estimate of drug-likeness (QED) is 0.760. The van der Waals surface area contributed by atoms with Crippen LogP contribution in [-0.4, -0.2) is 11.3 Å². The largest absolute Gasteiger partial charge is 0.298 e. The van der Waals surface area contributed by atoms with Crippen LogP contribution in [0.1, 0.15) is 10.4 Å². The molecule has 0 saturated heterocycles. The van der Waals surface area contributed by atoms with Crippen LogP contribution in [0.15, 0.2) is 30.5 Å². The molecule has 0 spiro atoms. The van der Waals surface area contributed by atoms with Crippen LogP contribution in [0.5, 0.6) is 0 Å². The lowest BCUT2D eigenvalue weighted by Gasteiger charge is -2.05. The Hall–Kier alpha value is -1.09. The first-order valence-electron chi connectivity index (χ1n) is 4.68. The summed E-state index contributed by atoms with van der Waals surface area (Å²) in [6.45, 7) is 0. The minimum atomic E-state index is 0.413. The van der Waals surface area contributed by atoms with Gasteiger partial charge in [0.2, 0.25) is 0 Å². The van der Waals surface area contributed by atoms with E-state index in [2.05, 4.69) is 4.98 Å². The Morgan fingerprint density at radius 3 is 2.47 bits per heavy atom. The van der Waals surface area contributed by atoms with E-state index in [-0.39, 0.29) is 0 Å². The van der Waals surface area contributed by atoms with Gasteiger partial charge in [-0.3, -0.25) is 9.78 Å². The number of pyridine rings is 1. The number of hydrogen-bond acceptors (Lipinski definition) is 2. The van der Waals surface area contributed by atoms with Gasteiger partial charge in [0.15, 0.2) is 6.29 Å². The Morgan fingerprint density at radius 1 is 1.06 bits per heavy atom. The fourth-order valence-corrected chi connectivity index (χ4v) is 1.89. The van der Waals surface area contributed by atoms with Crippen molar-refractivity contribution in [2.45, 2.75) is 0 Å². The maximum atomic E-state index is 10.9. The van der Waals surface area contributed by atoms with Crippen LogP contribution in [0.3, 0.4) is 0 Å². The number of rotatable bonds is 2. The second-order valence-corrected chi connectivity index (χ2v) is 4.59. The van der Waals surface area contributed by atoms with E-state index in [1.54, 1.807) is 24.3 Å². The molecule has 1 aromatic heterocycles. The van der Waals surface area contributed by atoms with E-state index < -0.39 is 0 Å². The van der Waals surface area contributed by atoms with Gasteiger partial charge < -0.3 is 0 Å². The normalized spacial score (nSPS) is 10.3. The van der Waals surface area contributed by atoms with Crippen LogP contribution in [-0.2, 0) is 0 Å². The molecular formula is C12H6Cl3NO. The zero-order chi connectivity index (χ0) is 12.4. The predicted molar refractivity (Wildman–Crippen MR) is 70.1 cm³/mol. The maximum Gasteiger partial charge on any atom is 0.152 e. The van der Waals surface area contributed by atoms with Gasteiger partial charge in [0.25, 0.3) is 0 Å². The second kappa shape index (κ2) is 5.05. The molecule has 2 aromatic rings. The average molecular weight is 287 g/mol. The topological polar surface area (TPSA) is 30.0 Å². The van der Waals surface area contributed by atoms with Crippen molar-refractivity contribution in [2.24, 2.45) is 0 Å². The molecule has 0 bridgehead atoms. The molecule has 0 amide bonds. The molecule has 1 heterocycles. The van der Waals surface area contributed by atoms with Crippen molar-refractivity contribution < 1.29 is 4.79 Å². The summed E-state index contributed by atoms with van der Waals surface area (Å²) in [5.74, 6) is 0. The number of nitrogens with zero attached hydrogens (tertiary/aromatic N) is 1. The number of carbonyl (C=O) groups excluding carboxylic acids is 1. The molecular weight excluding hydrogens is 280 g/mol. The lowest BCUT2D eigenvalue weighted by Crippen LogP contribution is -1.91. The van der Waals surface area contributed by atoms with E-state index in [0.717, 1.165) is 5.56 Å². The number of benzene rings is 1. The summed E-state index contributed by atoms with van der Waals surface area (Å²) in [5, 5.41) is 1.28. The zero-order valence-corrected chi connectivity index (χ0v) is 10.7. The third kappa shape index (κ3) is 2.60. The van der Waals surface area contributed by atoms with Crippen molar-refractivity contribution in [1.29, 1.82) is 0 Å². The molecule has 86 valence electrons. The highest BCUT2D eigenvalue weighted by Crippen LogP contribution is 2.29. The molecule has 2 nitrogen and oxygen atoms in total. The summed E-state index contributed by atoms with van der Waals surface area (Å²) in [5.41, 5.74) is 1.66. The van der Waals surface area contributed by atoms with E-state index in [0.29, 0.717) is 32.6 Å². The van der Waals surface area contributed by atoms with Gasteiger partial charge in [0.05, 0.1) is 20.8 Å². The van der Waals surface area contributed by atoms with E-state index in [4.69, 9.17) is 34.8 Å². The summed E-state index contributed by atoms with van der Waals surface area (Å²) in [6.07, 6.45) is 2.18. The van der Waals surface area contributed by atoms with Gasteiger partial charge in [-0.15, -0.1) is 0 Å². The first kappa shape index (κ1) is 12.4. The van der Waals surface area contributed by atoms with Gasteiger partial charge in [-0.1, -0.05) is 40.9 Å². The SMILES string of the molecule is O=Cc1cc(Cl)cnc1-c1ccc(Cl)c(Cl)c1. The summed E-state index contributed by atoms with van der Waals surface area (Å²) in [7, 11) is 0. The van der Waals surface area contributed by atoms with E-state index in [9.17, 15) is 4.79 Å². The van der Waals surface area contributed by atoms with Gasteiger partial charge in [0, 0.05) is 17.3 Å². The van der Waals surface area contributed by atoms with E-state index >= 15 is 0 Å². The van der Waals surface area contributed by atoms with Crippen LogP contribution in [0.2, 0.25) is 15.1 Å². The van der Waals surface area contributed by atoms with Crippen LogP contribution >= 0.6 is 34.8 Å². The highest BCUT2D eigenvalue weighted by Gasteiger charge is 2.09. The Labute approximate surface area is 113 Å². The highest BCUT2D eigenvalue weighted by atomic mass is 35.5. The predicted octanol–water partition coefficient (Wildman–Crippen LogP) is 4.52. The van der Waals surface area contributed by atoms with Crippen molar-refractivity contribution in [2.75, 3.05) is 0 Å². The molecule has 1 aromatic carbocycles. The molecule has 0 radical (unpaired) electrons. The smallest absolute Gasteiger partial charge is 0.152 e. The van der Waals surface area contributed by atoms with Crippen molar-refractivity contribution in [3.8, 4) is 11.3 Å². The van der Waals surface area contributed by atoms with Gasteiger partial charge >= 0.3 is 0 Å². The molecule has 0 aliphatic heterocycles. The zero-order valence-electron chi connectivity index (χ0n) is 8.45. The molecule has 0 atom stereocenters. The number of aldehydes is 1. The van der Waals surface area contributed by atoms with E-state index in [1.165, 1.54) is 6.20 Å². The molecule has 2 rings (SSSR count). The lowest BCUT2D eigenvalue weighted by molar-refractivity contribution is 0.112. The fraction of sp³-hybridized carbons (Fsp3) is 0. The van der Waals surface area contributed by atoms with Gasteiger partial charge in [0.1, 0.15) is 0 Å². The Bertz CT molecular complexity index is 584. The highest BCUT2D eigenvalue weighted by molar-refractivity contribution is 6.42. The van der Waals surface area contributed by atoms with Crippen molar-refractivity contribution in [3.63, 3.8) is 0 Å². The van der Waals surface area contributed by atoms with Gasteiger partial charge in [-0.2, -0.15) is 0 Å². The van der Waals surface area contributed by atoms with Gasteiger partial charge in [-0.05, 0) is 18.2 Å². The standard InChI is InChI=1S/C12H6Cl3NO/c13-9-3-8(6-17)12(16-5-9)7-1-2-10(14)11(15)4-7/h1-6H. The monoisotopic (exact) mass is 285 g/mol. The van der Waals surface area contributed by atoms with Crippen LogP contribution < -0.4 is 0 Å². The lowest BCUT2D eigenvalue weighted by atomic mass is 10.1. The van der Waals surface area contributed by atoms with Crippen molar-refractivity contribution >= 4 is 41.1 Å². The summed E-state index contributed by atoms with van der Waals surface area (Å²) in [4.78, 5) is 15.1. The number of halogens is 3. The molecule has 0 fully saturated rings. The summed E-state index contributed by atoms with van der Waals surface area (Å²) < 4.78 is 0. The minimum absolute atomic E-state index is 0.413. The fourth-order valence-electron chi connectivity index (χ4n) is 1.43. The number of carbonyl (C=O) groups is 1. The summed E-state index contributed by atoms with van der Waals surface area (Å²) in [6, 6.07) is 6.62. The summed E-state index contributed by atoms with van der Waals surface area (Å²) >= 11 is 17.5. The number of hydrogen-bond donors (Lipinski definition) is 0. The Morgan fingerprint density at radius 2 is 1.82 bits per heavy atom. The Balaban J connectivity index is 2.59. The first-order chi connectivity index (χ1) is 8.11. The molecule has 0 N–H and O–H groups in total. The average Bonchev–Trinajstić information content (AvgIpc) is 2.32. The molecule has 17 heavy (non-hydrogen) atoms. The van der Waals surface area contributed by atoms with Crippen molar-refractivity contribution in [3.05, 3.63) is 51.1 Å². The third-order valence-corrected chi connectivity index (χ3v) is 3.15. The van der Waals surface area contributed by atoms with Gasteiger partial charge in [-0.25, -0.2) is 0 Å². The van der Waals surface area contributed by atoms with E-state index in [1.807, 2.05) is 0 Å². The molecule has 5 heteroatoms. The first-order valence-corrected chi connectivity index (χ1v) is 5.81. The van der Waals surface area contributed by atoms with Crippen LogP contribution in [0.4, 0.5) is 0 Å². The molecule has 0 aliphatic carbocycles.